The monoisotopic (exact) mass is 214 g/mol. The van der Waals surface area contributed by atoms with Gasteiger partial charge in [0, 0.05) is 7.11 Å². The fourth-order valence-electron chi connectivity index (χ4n) is 2.91. The highest BCUT2D eigenvalue weighted by Crippen LogP contribution is 2.38. The SMILES string of the molecule is CCC1CCCC(C(O)(CC)COC)C1. The zero-order chi connectivity index (χ0) is 11.3. The first-order chi connectivity index (χ1) is 7.16. The summed E-state index contributed by atoms with van der Waals surface area (Å²) >= 11 is 0. The molecule has 0 saturated heterocycles. The Morgan fingerprint density at radius 2 is 2.07 bits per heavy atom. The van der Waals surface area contributed by atoms with Gasteiger partial charge in [-0.25, -0.2) is 0 Å². The van der Waals surface area contributed by atoms with Crippen LogP contribution in [0.4, 0.5) is 0 Å². The molecule has 0 amide bonds. The molecule has 15 heavy (non-hydrogen) atoms. The molecule has 0 heterocycles. The number of hydrogen-bond acceptors (Lipinski definition) is 2. The number of rotatable bonds is 5. The van der Waals surface area contributed by atoms with Gasteiger partial charge in [-0.2, -0.15) is 0 Å². The van der Waals surface area contributed by atoms with Crippen LogP contribution in [0.3, 0.4) is 0 Å². The molecule has 0 spiro atoms. The Kier molecular flexibility index (Phi) is 5.07. The summed E-state index contributed by atoms with van der Waals surface area (Å²) in [4.78, 5) is 0. The van der Waals surface area contributed by atoms with E-state index in [4.69, 9.17) is 4.74 Å². The summed E-state index contributed by atoms with van der Waals surface area (Å²) in [6, 6.07) is 0. The second kappa shape index (κ2) is 5.86. The molecule has 90 valence electrons. The van der Waals surface area contributed by atoms with Gasteiger partial charge in [0.1, 0.15) is 0 Å². The van der Waals surface area contributed by atoms with E-state index in [2.05, 4.69) is 13.8 Å². The van der Waals surface area contributed by atoms with E-state index in [9.17, 15) is 5.11 Å². The van der Waals surface area contributed by atoms with Crippen LogP contribution in [-0.2, 0) is 4.74 Å². The van der Waals surface area contributed by atoms with Gasteiger partial charge in [-0.15, -0.1) is 0 Å². The fraction of sp³-hybridized carbons (Fsp3) is 1.00. The van der Waals surface area contributed by atoms with Crippen molar-refractivity contribution >= 4 is 0 Å². The molecule has 0 aromatic carbocycles. The van der Waals surface area contributed by atoms with Crippen molar-refractivity contribution in [1.29, 1.82) is 0 Å². The molecule has 0 aromatic heterocycles. The van der Waals surface area contributed by atoms with Crippen molar-refractivity contribution in [2.75, 3.05) is 13.7 Å². The summed E-state index contributed by atoms with van der Waals surface area (Å²) in [6.45, 7) is 4.81. The first kappa shape index (κ1) is 13.0. The first-order valence-electron chi connectivity index (χ1n) is 6.37. The van der Waals surface area contributed by atoms with Gasteiger partial charge in [0.15, 0.2) is 0 Å². The minimum Gasteiger partial charge on any atom is -0.387 e. The molecule has 0 bridgehead atoms. The van der Waals surface area contributed by atoms with Crippen molar-refractivity contribution in [3.05, 3.63) is 0 Å². The summed E-state index contributed by atoms with van der Waals surface area (Å²) in [5, 5.41) is 10.5. The standard InChI is InChI=1S/C13H26O2/c1-4-11-7-6-8-12(9-11)13(14,5-2)10-15-3/h11-12,14H,4-10H2,1-3H3. The Morgan fingerprint density at radius 3 is 2.60 bits per heavy atom. The maximum absolute atomic E-state index is 10.5. The van der Waals surface area contributed by atoms with Gasteiger partial charge in [-0.05, 0) is 31.1 Å². The van der Waals surface area contributed by atoms with E-state index < -0.39 is 5.60 Å². The van der Waals surface area contributed by atoms with Gasteiger partial charge < -0.3 is 9.84 Å². The maximum atomic E-state index is 10.5. The van der Waals surface area contributed by atoms with E-state index in [1.807, 2.05) is 0 Å². The molecule has 1 aliphatic rings. The van der Waals surface area contributed by atoms with Gasteiger partial charge >= 0.3 is 0 Å². The van der Waals surface area contributed by atoms with Crippen LogP contribution in [-0.4, -0.2) is 24.4 Å². The van der Waals surface area contributed by atoms with Crippen LogP contribution in [0.25, 0.3) is 0 Å². The lowest BCUT2D eigenvalue weighted by Gasteiger charge is -2.40. The van der Waals surface area contributed by atoms with Crippen LogP contribution in [0.15, 0.2) is 0 Å². The molecule has 1 N–H and O–H groups in total. The third-order valence-electron chi connectivity index (χ3n) is 4.13. The summed E-state index contributed by atoms with van der Waals surface area (Å²) < 4.78 is 5.17. The molecule has 1 rings (SSSR count). The lowest BCUT2D eigenvalue weighted by molar-refractivity contribution is -0.0915. The number of hydrogen-bond donors (Lipinski definition) is 1. The van der Waals surface area contributed by atoms with E-state index in [1.54, 1.807) is 7.11 Å². The lowest BCUT2D eigenvalue weighted by Crippen LogP contribution is -2.43. The van der Waals surface area contributed by atoms with Crippen molar-refractivity contribution in [3.63, 3.8) is 0 Å². The molecular formula is C13H26O2. The Labute approximate surface area is 94.0 Å². The highest BCUT2D eigenvalue weighted by atomic mass is 16.5. The highest BCUT2D eigenvalue weighted by molar-refractivity contribution is 4.89. The minimum atomic E-state index is -0.581. The second-order valence-electron chi connectivity index (χ2n) is 5.03. The number of methoxy groups -OCH3 is 1. The maximum Gasteiger partial charge on any atom is 0.0905 e. The third-order valence-corrected chi connectivity index (χ3v) is 4.13. The summed E-state index contributed by atoms with van der Waals surface area (Å²) in [7, 11) is 1.68. The zero-order valence-corrected chi connectivity index (χ0v) is 10.5. The van der Waals surface area contributed by atoms with E-state index in [0.717, 1.165) is 12.3 Å². The van der Waals surface area contributed by atoms with E-state index >= 15 is 0 Å². The summed E-state index contributed by atoms with van der Waals surface area (Å²) in [5.41, 5.74) is -0.581. The molecule has 0 aliphatic heterocycles. The Morgan fingerprint density at radius 1 is 1.33 bits per heavy atom. The van der Waals surface area contributed by atoms with Crippen LogP contribution in [0.1, 0.15) is 52.4 Å². The predicted octanol–water partition coefficient (Wildman–Crippen LogP) is 2.99. The molecule has 3 atom stereocenters. The Bertz CT molecular complexity index is 181. The first-order valence-corrected chi connectivity index (χ1v) is 6.37. The van der Waals surface area contributed by atoms with E-state index in [-0.39, 0.29) is 0 Å². The molecule has 1 aliphatic carbocycles. The fourth-order valence-corrected chi connectivity index (χ4v) is 2.91. The molecule has 1 fully saturated rings. The average molecular weight is 214 g/mol. The number of ether oxygens (including phenoxy) is 1. The topological polar surface area (TPSA) is 29.5 Å². The van der Waals surface area contributed by atoms with Gasteiger partial charge in [0.2, 0.25) is 0 Å². The predicted molar refractivity (Wildman–Crippen MR) is 62.9 cm³/mol. The van der Waals surface area contributed by atoms with Gasteiger partial charge in [-0.1, -0.05) is 33.1 Å². The Hall–Kier alpha value is -0.0800. The second-order valence-corrected chi connectivity index (χ2v) is 5.03. The van der Waals surface area contributed by atoms with Crippen LogP contribution < -0.4 is 0 Å². The van der Waals surface area contributed by atoms with Crippen molar-refractivity contribution in [1.82, 2.24) is 0 Å². The highest BCUT2D eigenvalue weighted by Gasteiger charge is 2.37. The van der Waals surface area contributed by atoms with Crippen molar-refractivity contribution in [3.8, 4) is 0 Å². The summed E-state index contributed by atoms with van der Waals surface area (Å²) in [5.74, 6) is 1.26. The van der Waals surface area contributed by atoms with Gasteiger partial charge in [-0.3, -0.25) is 0 Å². The minimum absolute atomic E-state index is 0.446. The van der Waals surface area contributed by atoms with Crippen LogP contribution >= 0.6 is 0 Å². The molecule has 3 unspecified atom stereocenters. The van der Waals surface area contributed by atoms with Crippen molar-refractivity contribution in [2.45, 2.75) is 58.0 Å². The van der Waals surface area contributed by atoms with E-state index in [0.29, 0.717) is 12.5 Å². The Balaban J connectivity index is 2.58. The van der Waals surface area contributed by atoms with Crippen molar-refractivity contribution in [2.24, 2.45) is 11.8 Å². The molecule has 1 saturated carbocycles. The quantitative estimate of drug-likeness (QED) is 0.762. The average Bonchev–Trinajstić information content (AvgIpc) is 2.29. The molecule has 2 nitrogen and oxygen atoms in total. The molecule has 0 aromatic rings. The van der Waals surface area contributed by atoms with Gasteiger partial charge in [0.05, 0.1) is 12.2 Å². The molecule has 2 heteroatoms. The van der Waals surface area contributed by atoms with Crippen molar-refractivity contribution < 1.29 is 9.84 Å². The lowest BCUT2D eigenvalue weighted by atomic mass is 9.71. The van der Waals surface area contributed by atoms with Gasteiger partial charge in [0.25, 0.3) is 0 Å². The molecule has 0 radical (unpaired) electrons. The largest absolute Gasteiger partial charge is 0.387 e. The summed E-state index contributed by atoms with van der Waals surface area (Å²) in [6.07, 6.45) is 7.04. The van der Waals surface area contributed by atoms with Crippen LogP contribution in [0, 0.1) is 11.8 Å². The number of aliphatic hydroxyl groups is 1. The smallest absolute Gasteiger partial charge is 0.0905 e. The molecular weight excluding hydrogens is 188 g/mol. The zero-order valence-electron chi connectivity index (χ0n) is 10.5. The van der Waals surface area contributed by atoms with E-state index in [1.165, 1.54) is 32.1 Å². The van der Waals surface area contributed by atoms with Crippen LogP contribution in [0.2, 0.25) is 0 Å². The third kappa shape index (κ3) is 3.18. The normalized spacial score (nSPS) is 31.2. The van der Waals surface area contributed by atoms with Crippen LogP contribution in [0.5, 0.6) is 0 Å².